The Bertz CT molecular complexity index is 1340. The maximum absolute atomic E-state index is 13.3. The number of benzene rings is 2. The van der Waals surface area contributed by atoms with Gasteiger partial charge in [-0.2, -0.15) is 0 Å². The molecule has 166 valence electrons. The topological polar surface area (TPSA) is 70.1 Å². The first-order valence-electron chi connectivity index (χ1n) is 11.4. The highest BCUT2D eigenvalue weighted by atomic mass is 19.1. The first-order valence-corrected chi connectivity index (χ1v) is 11.4. The van der Waals surface area contributed by atoms with E-state index in [0.717, 1.165) is 60.5 Å². The van der Waals surface area contributed by atoms with Crippen LogP contribution in [0.2, 0.25) is 0 Å². The van der Waals surface area contributed by atoms with Crippen molar-refractivity contribution in [2.45, 2.75) is 31.3 Å². The molecule has 2 aliphatic rings. The number of aromatic amines is 2. The summed E-state index contributed by atoms with van der Waals surface area (Å²) in [6, 6.07) is 12.4. The van der Waals surface area contributed by atoms with Crippen LogP contribution in [-0.4, -0.2) is 28.2 Å². The summed E-state index contributed by atoms with van der Waals surface area (Å²) in [4.78, 5) is 15.5. The number of ether oxygens (including phenoxy) is 1. The third-order valence-electron chi connectivity index (χ3n) is 6.96. The van der Waals surface area contributed by atoms with E-state index in [9.17, 15) is 4.39 Å². The minimum atomic E-state index is -0.256. The Hall–Kier alpha value is -3.47. The summed E-state index contributed by atoms with van der Waals surface area (Å²) >= 11 is 0. The van der Waals surface area contributed by atoms with Crippen molar-refractivity contribution in [1.29, 1.82) is 0 Å². The molecule has 2 unspecified atom stereocenters. The number of nitrogens with one attached hydrogen (secondary N) is 3. The molecule has 2 aromatic heterocycles. The summed E-state index contributed by atoms with van der Waals surface area (Å²) in [7, 11) is 0. The minimum absolute atomic E-state index is 0.00939. The fourth-order valence-corrected chi connectivity index (χ4v) is 5.25. The number of nitrogens with zero attached hydrogens (tertiary/aromatic N) is 2. The lowest BCUT2D eigenvalue weighted by Crippen LogP contribution is -2.39. The van der Waals surface area contributed by atoms with Gasteiger partial charge in [0, 0.05) is 36.2 Å². The smallest absolute Gasteiger partial charge is 0.187 e. The molecule has 3 N–H and O–H groups in total. The van der Waals surface area contributed by atoms with Crippen molar-refractivity contribution >= 4 is 16.6 Å². The lowest BCUT2D eigenvalue weighted by molar-refractivity contribution is 0.0497. The maximum Gasteiger partial charge on any atom is 0.187 e. The predicted octanol–water partition coefficient (Wildman–Crippen LogP) is 5.60. The lowest BCUT2D eigenvalue weighted by Gasteiger charge is -2.37. The second-order valence-electron chi connectivity index (χ2n) is 8.89. The number of hydrogen-bond acceptors (Lipinski definition) is 3. The molecule has 2 aromatic carbocycles. The number of imidazole rings is 1. The molecule has 0 saturated carbocycles. The molecule has 0 amide bonds. The minimum Gasteiger partial charge on any atom is -0.381 e. The summed E-state index contributed by atoms with van der Waals surface area (Å²) in [6.07, 6.45) is 4.67. The molecule has 0 bridgehead atoms. The molecule has 33 heavy (non-hydrogen) atoms. The van der Waals surface area contributed by atoms with Crippen LogP contribution in [-0.2, 0) is 11.2 Å². The zero-order valence-corrected chi connectivity index (χ0v) is 18.1. The molecule has 2 atom stereocenters. The van der Waals surface area contributed by atoms with Crippen molar-refractivity contribution in [2.24, 2.45) is 5.92 Å². The van der Waals surface area contributed by atoms with E-state index in [1.54, 1.807) is 12.1 Å². The summed E-state index contributed by atoms with van der Waals surface area (Å²) < 4.78 is 19.0. The quantitative estimate of drug-likeness (QED) is 0.362. The van der Waals surface area contributed by atoms with Crippen LogP contribution in [0.5, 0.6) is 0 Å². The van der Waals surface area contributed by atoms with E-state index in [2.05, 4.69) is 20.1 Å². The molecule has 1 saturated heterocycles. The van der Waals surface area contributed by atoms with Gasteiger partial charge in [0.05, 0.1) is 24.3 Å². The Morgan fingerprint density at radius 2 is 1.91 bits per heavy atom. The molecule has 1 fully saturated rings. The van der Waals surface area contributed by atoms with Crippen molar-refractivity contribution in [3.63, 3.8) is 0 Å². The van der Waals surface area contributed by atoms with Crippen LogP contribution in [0, 0.1) is 18.3 Å². The van der Waals surface area contributed by atoms with Crippen molar-refractivity contribution in [2.75, 3.05) is 13.2 Å². The number of aromatic nitrogens is 3. The fraction of sp³-hybridized carbons (Fsp3) is 0.308. The fourth-order valence-electron chi connectivity index (χ4n) is 5.25. The first-order chi connectivity index (χ1) is 16.2. The molecule has 7 heteroatoms. The van der Waals surface area contributed by atoms with E-state index in [-0.39, 0.29) is 17.9 Å². The van der Waals surface area contributed by atoms with E-state index in [4.69, 9.17) is 16.3 Å². The highest BCUT2D eigenvalue weighted by molar-refractivity contribution is 5.88. The zero-order chi connectivity index (χ0) is 22.4. The second kappa shape index (κ2) is 8.14. The van der Waals surface area contributed by atoms with Crippen molar-refractivity contribution in [3.05, 3.63) is 83.0 Å². The zero-order valence-electron chi connectivity index (χ0n) is 18.1. The molecular weight excluding hydrogens is 417 g/mol. The standard InChI is InChI=1S/C26H24FN5O/c1-28-18-6-7-21-19(12-18)20-13-22(31-24(25(20)30-21)16-8-10-33-11-9-16)26-29-14-23(32-26)15-2-4-17(27)5-3-15/h2-7,12,14,16,22,24,30-31H,8-11,13H2,(H,29,32). The molecule has 0 aliphatic carbocycles. The van der Waals surface area contributed by atoms with Gasteiger partial charge in [-0.15, -0.1) is 0 Å². The Kier molecular flexibility index (Phi) is 4.97. The Balaban J connectivity index is 1.40. The molecular formula is C26H24FN5O. The van der Waals surface area contributed by atoms with E-state index < -0.39 is 0 Å². The van der Waals surface area contributed by atoms with E-state index in [0.29, 0.717) is 11.6 Å². The van der Waals surface area contributed by atoms with Gasteiger partial charge in [0.1, 0.15) is 11.6 Å². The molecule has 0 radical (unpaired) electrons. The number of rotatable bonds is 3. The van der Waals surface area contributed by atoms with Crippen LogP contribution >= 0.6 is 0 Å². The van der Waals surface area contributed by atoms with Gasteiger partial charge in [-0.1, -0.05) is 6.07 Å². The van der Waals surface area contributed by atoms with Gasteiger partial charge in [0.25, 0.3) is 0 Å². The summed E-state index contributed by atoms with van der Waals surface area (Å²) in [5, 5.41) is 4.98. The number of halogens is 1. The van der Waals surface area contributed by atoms with Crippen LogP contribution in [0.4, 0.5) is 10.1 Å². The summed E-state index contributed by atoms with van der Waals surface area (Å²) in [5.74, 6) is 1.07. The van der Waals surface area contributed by atoms with Gasteiger partial charge in [-0.3, -0.25) is 5.32 Å². The monoisotopic (exact) mass is 441 g/mol. The van der Waals surface area contributed by atoms with E-state index >= 15 is 0 Å². The predicted molar refractivity (Wildman–Crippen MR) is 124 cm³/mol. The molecule has 4 heterocycles. The highest BCUT2D eigenvalue weighted by Gasteiger charge is 2.36. The first kappa shape index (κ1) is 20.2. The van der Waals surface area contributed by atoms with E-state index in [1.165, 1.54) is 23.4 Å². The van der Waals surface area contributed by atoms with Crippen molar-refractivity contribution in [3.8, 4) is 11.3 Å². The molecule has 6 nitrogen and oxygen atoms in total. The van der Waals surface area contributed by atoms with Gasteiger partial charge in [0.2, 0.25) is 0 Å². The Labute approximate surface area is 191 Å². The average Bonchev–Trinajstić information content (AvgIpc) is 3.49. The van der Waals surface area contributed by atoms with Crippen molar-refractivity contribution in [1.82, 2.24) is 20.3 Å². The number of hydrogen-bond donors (Lipinski definition) is 3. The molecule has 6 rings (SSSR count). The number of H-pyrrole nitrogens is 2. The van der Waals surface area contributed by atoms with Gasteiger partial charge in [-0.25, -0.2) is 14.2 Å². The van der Waals surface area contributed by atoms with Gasteiger partial charge in [-0.05, 0) is 72.5 Å². The van der Waals surface area contributed by atoms with Crippen LogP contribution in [0.3, 0.4) is 0 Å². The van der Waals surface area contributed by atoms with Crippen LogP contribution in [0.15, 0.2) is 48.7 Å². The van der Waals surface area contributed by atoms with Gasteiger partial charge < -0.3 is 14.7 Å². The Morgan fingerprint density at radius 1 is 1.09 bits per heavy atom. The van der Waals surface area contributed by atoms with Crippen LogP contribution < -0.4 is 5.32 Å². The summed E-state index contributed by atoms with van der Waals surface area (Å²) in [5.41, 5.74) is 5.88. The van der Waals surface area contributed by atoms with Crippen molar-refractivity contribution < 1.29 is 9.13 Å². The lowest BCUT2D eigenvalue weighted by atomic mass is 9.83. The third-order valence-corrected chi connectivity index (χ3v) is 6.96. The second-order valence-corrected chi connectivity index (χ2v) is 8.89. The van der Waals surface area contributed by atoms with Crippen LogP contribution in [0.1, 0.15) is 42.0 Å². The van der Waals surface area contributed by atoms with Gasteiger partial charge >= 0.3 is 0 Å². The average molecular weight is 442 g/mol. The van der Waals surface area contributed by atoms with Crippen LogP contribution in [0.25, 0.3) is 27.0 Å². The van der Waals surface area contributed by atoms with Gasteiger partial charge in [0.15, 0.2) is 5.69 Å². The third kappa shape index (κ3) is 3.62. The largest absolute Gasteiger partial charge is 0.381 e. The molecule has 2 aliphatic heterocycles. The summed E-state index contributed by atoms with van der Waals surface area (Å²) in [6.45, 7) is 8.99. The maximum atomic E-state index is 13.3. The molecule has 0 spiro atoms. The number of fused-ring (bicyclic) bond motifs is 3. The highest BCUT2D eigenvalue weighted by Crippen LogP contribution is 2.42. The SMILES string of the molecule is [C-]#[N+]c1ccc2[nH]c3c(c2c1)CC(c1nc(-c2ccc(F)cc2)c[nH]1)NC3C1CCOCC1. The molecule has 4 aromatic rings. The van der Waals surface area contributed by atoms with E-state index in [1.807, 2.05) is 24.4 Å². The Morgan fingerprint density at radius 3 is 2.70 bits per heavy atom. The normalized spacial score (nSPS) is 21.1.